The van der Waals surface area contributed by atoms with Gasteiger partial charge in [-0.25, -0.2) is 4.79 Å². The van der Waals surface area contributed by atoms with Crippen molar-refractivity contribution in [1.82, 2.24) is 0 Å². The average molecular weight is 336 g/mol. The first kappa shape index (κ1) is 16.8. The number of nitrogens with zero attached hydrogens (tertiary/aromatic N) is 1. The van der Waals surface area contributed by atoms with Gasteiger partial charge in [-0.3, -0.25) is 10.1 Å². The molecule has 0 aliphatic heterocycles. The number of carbonyl (C=O) groups excluding carboxylic acids is 1. The molecule has 120 valence electrons. The highest BCUT2D eigenvalue weighted by Gasteiger charge is 2.25. The van der Waals surface area contributed by atoms with Crippen LogP contribution < -0.4 is 4.74 Å². The maximum absolute atomic E-state index is 12.1. The molecule has 0 bridgehead atoms. The van der Waals surface area contributed by atoms with Crippen LogP contribution in [0, 0.1) is 10.1 Å². The number of rotatable bonds is 6. The molecular weight excluding hydrogens is 322 g/mol. The van der Waals surface area contributed by atoms with Gasteiger partial charge in [0.2, 0.25) is 6.10 Å². The summed E-state index contributed by atoms with van der Waals surface area (Å²) in [5.74, 6) is -0.396. The summed E-state index contributed by atoms with van der Waals surface area (Å²) in [7, 11) is 0. The van der Waals surface area contributed by atoms with Gasteiger partial charge >= 0.3 is 5.97 Å². The molecule has 2 rings (SSSR count). The average Bonchev–Trinajstić information content (AvgIpc) is 2.54. The Kier molecular flexibility index (Phi) is 5.54. The second-order valence-electron chi connectivity index (χ2n) is 4.53. The van der Waals surface area contributed by atoms with Crippen molar-refractivity contribution in [2.24, 2.45) is 0 Å². The van der Waals surface area contributed by atoms with Crippen LogP contribution in [-0.4, -0.2) is 17.5 Å². The molecule has 7 heteroatoms. The van der Waals surface area contributed by atoms with Crippen LogP contribution >= 0.6 is 11.6 Å². The molecule has 1 atom stereocenters. The molecule has 0 unspecified atom stereocenters. The number of nitro groups is 1. The van der Waals surface area contributed by atoms with Crippen molar-refractivity contribution in [1.29, 1.82) is 0 Å². The van der Waals surface area contributed by atoms with E-state index in [-0.39, 0.29) is 23.1 Å². The fourth-order valence-electron chi connectivity index (χ4n) is 1.92. The lowest BCUT2D eigenvalue weighted by molar-refractivity contribution is -0.384. The second kappa shape index (κ2) is 7.60. The van der Waals surface area contributed by atoms with Crippen LogP contribution in [0.15, 0.2) is 48.5 Å². The first-order chi connectivity index (χ1) is 11.0. The van der Waals surface area contributed by atoms with Crippen LogP contribution in [0.3, 0.4) is 0 Å². The molecule has 2 aromatic carbocycles. The minimum Gasteiger partial charge on any atom is -0.472 e. The van der Waals surface area contributed by atoms with E-state index in [0.29, 0.717) is 5.56 Å². The number of benzene rings is 2. The topological polar surface area (TPSA) is 78.7 Å². The van der Waals surface area contributed by atoms with Crippen LogP contribution in [0.1, 0.15) is 18.6 Å². The maximum atomic E-state index is 12.1. The molecule has 0 radical (unpaired) electrons. The lowest BCUT2D eigenvalue weighted by Gasteiger charge is -2.18. The minimum absolute atomic E-state index is 0.0458. The van der Waals surface area contributed by atoms with Crippen molar-refractivity contribution in [2.75, 3.05) is 6.61 Å². The third-order valence-corrected chi connectivity index (χ3v) is 3.27. The fourth-order valence-corrected chi connectivity index (χ4v) is 2.14. The number of non-ortho nitro benzene ring substituents is 1. The van der Waals surface area contributed by atoms with Gasteiger partial charge in [0, 0.05) is 17.7 Å². The summed E-state index contributed by atoms with van der Waals surface area (Å²) in [6, 6.07) is 12.6. The lowest BCUT2D eigenvalue weighted by Crippen LogP contribution is -2.21. The van der Waals surface area contributed by atoms with Gasteiger partial charge in [0.25, 0.3) is 5.69 Å². The first-order valence-electron chi connectivity index (χ1n) is 6.85. The predicted octanol–water partition coefficient (Wildman–Crippen LogP) is 3.93. The van der Waals surface area contributed by atoms with Gasteiger partial charge in [-0.05, 0) is 13.0 Å². The van der Waals surface area contributed by atoms with Gasteiger partial charge in [-0.1, -0.05) is 41.9 Å². The Bertz CT molecular complexity index is 705. The number of ether oxygens (including phenoxy) is 2. The smallest absolute Gasteiger partial charge is 0.352 e. The van der Waals surface area contributed by atoms with E-state index in [1.807, 2.05) is 6.07 Å². The standard InChI is InChI=1S/C16H14ClNO5/c1-2-22-16(19)15(11-6-4-3-5-7-11)23-14-9-8-12(18(20)21)10-13(14)17/h3-10,15H,2H2,1H3/t15-/m0/s1. The highest BCUT2D eigenvalue weighted by Crippen LogP contribution is 2.32. The molecule has 0 aromatic heterocycles. The minimum atomic E-state index is -1.00. The number of carbonyl (C=O) groups is 1. The van der Waals surface area contributed by atoms with Gasteiger partial charge in [0.15, 0.2) is 0 Å². The maximum Gasteiger partial charge on any atom is 0.352 e. The van der Waals surface area contributed by atoms with Crippen molar-refractivity contribution in [3.63, 3.8) is 0 Å². The van der Waals surface area contributed by atoms with Gasteiger partial charge in [-0.2, -0.15) is 0 Å². The third kappa shape index (κ3) is 4.20. The highest BCUT2D eigenvalue weighted by molar-refractivity contribution is 6.32. The zero-order chi connectivity index (χ0) is 16.8. The molecule has 0 fully saturated rings. The quantitative estimate of drug-likeness (QED) is 0.454. The van der Waals surface area contributed by atoms with E-state index in [4.69, 9.17) is 21.1 Å². The number of hydrogen-bond acceptors (Lipinski definition) is 5. The van der Waals surface area contributed by atoms with Crippen molar-refractivity contribution in [3.8, 4) is 5.75 Å². The first-order valence-corrected chi connectivity index (χ1v) is 7.23. The Hall–Kier alpha value is -2.60. The van der Waals surface area contributed by atoms with E-state index >= 15 is 0 Å². The Labute approximate surface area is 137 Å². The molecule has 0 saturated carbocycles. The Morgan fingerprint density at radius 3 is 2.52 bits per heavy atom. The number of hydrogen-bond donors (Lipinski definition) is 0. The zero-order valence-electron chi connectivity index (χ0n) is 12.3. The summed E-state index contributed by atoms with van der Waals surface area (Å²) in [6.45, 7) is 1.90. The van der Waals surface area contributed by atoms with E-state index < -0.39 is 17.0 Å². The van der Waals surface area contributed by atoms with Crippen molar-refractivity contribution < 1.29 is 19.2 Å². The second-order valence-corrected chi connectivity index (χ2v) is 4.94. The van der Waals surface area contributed by atoms with Crippen LogP contribution in [0.25, 0.3) is 0 Å². The molecule has 0 spiro atoms. The van der Waals surface area contributed by atoms with E-state index in [0.717, 1.165) is 0 Å². The van der Waals surface area contributed by atoms with Crippen molar-refractivity contribution >= 4 is 23.3 Å². The Morgan fingerprint density at radius 1 is 1.26 bits per heavy atom. The summed E-state index contributed by atoms with van der Waals surface area (Å²) in [4.78, 5) is 22.3. The predicted molar refractivity (Wildman–Crippen MR) is 84.6 cm³/mol. The molecule has 0 aliphatic carbocycles. The van der Waals surface area contributed by atoms with Crippen LogP contribution in [0.2, 0.25) is 5.02 Å². The molecule has 0 amide bonds. The van der Waals surface area contributed by atoms with Gasteiger partial charge in [0.05, 0.1) is 16.6 Å². The summed E-state index contributed by atoms with van der Waals surface area (Å²) in [5, 5.41) is 10.8. The van der Waals surface area contributed by atoms with Gasteiger partial charge in [0.1, 0.15) is 5.75 Å². The number of nitro benzene ring substituents is 1. The summed E-state index contributed by atoms with van der Waals surface area (Å²) >= 11 is 6.01. The number of halogens is 1. The molecular formula is C16H14ClNO5. The highest BCUT2D eigenvalue weighted by atomic mass is 35.5. The van der Waals surface area contributed by atoms with Crippen LogP contribution in [-0.2, 0) is 9.53 Å². The van der Waals surface area contributed by atoms with Gasteiger partial charge in [-0.15, -0.1) is 0 Å². The normalized spacial score (nSPS) is 11.6. The SMILES string of the molecule is CCOC(=O)[C@@H](Oc1ccc([N+](=O)[O-])cc1Cl)c1ccccc1. The van der Waals surface area contributed by atoms with E-state index in [1.54, 1.807) is 31.2 Å². The van der Waals surface area contributed by atoms with E-state index in [2.05, 4.69) is 0 Å². The molecule has 0 heterocycles. The lowest BCUT2D eigenvalue weighted by atomic mass is 10.1. The molecule has 2 aromatic rings. The third-order valence-electron chi connectivity index (χ3n) is 2.97. The van der Waals surface area contributed by atoms with E-state index in [9.17, 15) is 14.9 Å². The van der Waals surface area contributed by atoms with Crippen molar-refractivity contribution in [2.45, 2.75) is 13.0 Å². The number of esters is 1. The van der Waals surface area contributed by atoms with Crippen LogP contribution in [0.4, 0.5) is 5.69 Å². The Balaban J connectivity index is 2.31. The molecule has 6 nitrogen and oxygen atoms in total. The summed E-state index contributed by atoms with van der Waals surface area (Å²) in [5.41, 5.74) is 0.440. The fraction of sp³-hybridized carbons (Fsp3) is 0.188. The van der Waals surface area contributed by atoms with Gasteiger partial charge < -0.3 is 9.47 Å². The van der Waals surface area contributed by atoms with Crippen LogP contribution in [0.5, 0.6) is 5.75 Å². The van der Waals surface area contributed by atoms with E-state index in [1.165, 1.54) is 18.2 Å². The molecule has 23 heavy (non-hydrogen) atoms. The summed E-state index contributed by atoms with van der Waals surface area (Å²) < 4.78 is 10.7. The molecule has 0 saturated heterocycles. The monoisotopic (exact) mass is 335 g/mol. The Morgan fingerprint density at radius 2 is 1.96 bits per heavy atom. The summed E-state index contributed by atoms with van der Waals surface area (Å²) in [6.07, 6.45) is -1.00. The molecule has 0 N–H and O–H groups in total. The largest absolute Gasteiger partial charge is 0.472 e. The zero-order valence-corrected chi connectivity index (χ0v) is 13.0. The van der Waals surface area contributed by atoms with Crippen molar-refractivity contribution in [3.05, 3.63) is 69.2 Å². The molecule has 0 aliphatic rings.